The first-order valence-corrected chi connectivity index (χ1v) is 13.7. The van der Waals surface area contributed by atoms with Gasteiger partial charge >= 0.3 is 6.09 Å². The largest absolute Gasteiger partial charge is 0.444 e. The number of hydrogen-bond acceptors (Lipinski definition) is 7. The second-order valence-corrected chi connectivity index (χ2v) is 12.3. The van der Waals surface area contributed by atoms with Gasteiger partial charge < -0.3 is 18.9 Å². The Morgan fingerprint density at radius 3 is 2.49 bits per heavy atom. The molecule has 0 aliphatic carbocycles. The van der Waals surface area contributed by atoms with E-state index in [1.54, 1.807) is 4.90 Å². The summed E-state index contributed by atoms with van der Waals surface area (Å²) < 4.78 is 51.8. The standard InChI is InChI=1S/C23H26BrFN4O5S/c1-23(2,3)34-22(30)28-9-7-14(8-10-28)29-12-16(24)19-20(29)26-13-27-21(19)33-18-6-5-15(11-17(18)25)35(4,31)32/h5-6,11-14H,7-10H2,1-4H3. The van der Waals surface area contributed by atoms with Crippen LogP contribution in [0.2, 0.25) is 0 Å². The van der Waals surface area contributed by atoms with Gasteiger partial charge in [-0.15, -0.1) is 0 Å². The van der Waals surface area contributed by atoms with E-state index >= 15 is 0 Å². The molecule has 3 aromatic rings. The maximum absolute atomic E-state index is 14.6. The predicted octanol–water partition coefficient (Wildman–Crippen LogP) is 5.10. The lowest BCUT2D eigenvalue weighted by Crippen LogP contribution is -2.42. The van der Waals surface area contributed by atoms with E-state index in [2.05, 4.69) is 25.9 Å². The van der Waals surface area contributed by atoms with Gasteiger partial charge in [-0.3, -0.25) is 0 Å². The summed E-state index contributed by atoms with van der Waals surface area (Å²) in [5, 5.41) is 0.564. The summed E-state index contributed by atoms with van der Waals surface area (Å²) in [6, 6.07) is 3.54. The SMILES string of the molecule is CC(C)(C)OC(=O)N1CCC(n2cc(Br)c3c(Oc4ccc(S(C)(=O)=O)cc4F)ncnc32)CC1. The van der Waals surface area contributed by atoms with E-state index in [1.165, 1.54) is 18.5 Å². The lowest BCUT2D eigenvalue weighted by atomic mass is 10.1. The smallest absolute Gasteiger partial charge is 0.410 e. The van der Waals surface area contributed by atoms with Gasteiger partial charge in [0.25, 0.3) is 0 Å². The van der Waals surface area contributed by atoms with Crippen LogP contribution in [0.15, 0.2) is 40.1 Å². The highest BCUT2D eigenvalue weighted by Gasteiger charge is 2.29. The summed E-state index contributed by atoms with van der Waals surface area (Å²) in [5.41, 5.74) is 0.0543. The molecule has 0 saturated carbocycles. The highest BCUT2D eigenvalue weighted by atomic mass is 79.9. The van der Waals surface area contributed by atoms with Crippen LogP contribution in [0.3, 0.4) is 0 Å². The predicted molar refractivity (Wildman–Crippen MR) is 131 cm³/mol. The monoisotopic (exact) mass is 568 g/mol. The lowest BCUT2D eigenvalue weighted by molar-refractivity contribution is 0.0189. The molecule has 0 unspecified atom stereocenters. The number of amides is 1. The van der Waals surface area contributed by atoms with Crippen LogP contribution >= 0.6 is 15.9 Å². The molecule has 4 rings (SSSR count). The van der Waals surface area contributed by atoms with Crippen molar-refractivity contribution in [1.29, 1.82) is 0 Å². The molecule has 2 aromatic heterocycles. The van der Waals surface area contributed by atoms with Gasteiger partial charge in [0, 0.05) is 31.6 Å². The second-order valence-electron chi connectivity index (χ2n) is 9.43. The molecule has 188 valence electrons. The van der Waals surface area contributed by atoms with E-state index in [0.29, 0.717) is 41.4 Å². The lowest BCUT2D eigenvalue weighted by Gasteiger charge is -2.34. The molecule has 1 amide bonds. The Hall–Kier alpha value is -2.73. The van der Waals surface area contributed by atoms with Crippen molar-refractivity contribution < 1.29 is 27.1 Å². The van der Waals surface area contributed by atoms with Gasteiger partial charge in [0.05, 0.1) is 14.8 Å². The molecule has 3 heterocycles. The third kappa shape index (κ3) is 5.58. The highest BCUT2D eigenvalue weighted by molar-refractivity contribution is 9.10. The van der Waals surface area contributed by atoms with Crippen LogP contribution in [-0.2, 0) is 14.6 Å². The number of piperidine rings is 1. The number of rotatable bonds is 4. The number of aromatic nitrogens is 3. The van der Waals surface area contributed by atoms with Crippen LogP contribution in [0.1, 0.15) is 39.7 Å². The van der Waals surface area contributed by atoms with Crippen molar-refractivity contribution in [3.05, 3.63) is 41.0 Å². The molecule has 0 atom stereocenters. The van der Waals surface area contributed by atoms with Crippen molar-refractivity contribution in [2.75, 3.05) is 19.3 Å². The third-order valence-electron chi connectivity index (χ3n) is 5.58. The Balaban J connectivity index is 1.56. The molecule has 12 heteroatoms. The first kappa shape index (κ1) is 25.4. The van der Waals surface area contributed by atoms with Crippen LogP contribution in [0.5, 0.6) is 11.6 Å². The van der Waals surface area contributed by atoms with Crippen LogP contribution in [-0.4, -0.2) is 58.9 Å². The number of benzene rings is 1. The molecule has 1 aliphatic heterocycles. The molecule has 9 nitrogen and oxygen atoms in total. The number of sulfone groups is 1. The zero-order valence-corrected chi connectivity index (χ0v) is 22.2. The number of carbonyl (C=O) groups excluding carboxylic acids is 1. The van der Waals surface area contributed by atoms with Crippen molar-refractivity contribution in [1.82, 2.24) is 19.4 Å². The van der Waals surface area contributed by atoms with Gasteiger partial charge in [-0.25, -0.2) is 27.6 Å². The minimum Gasteiger partial charge on any atom is -0.444 e. The van der Waals surface area contributed by atoms with Gasteiger partial charge in [-0.1, -0.05) is 0 Å². The fourth-order valence-electron chi connectivity index (χ4n) is 3.92. The van der Waals surface area contributed by atoms with Crippen LogP contribution < -0.4 is 4.74 Å². The van der Waals surface area contributed by atoms with E-state index in [1.807, 2.05) is 31.5 Å². The zero-order valence-electron chi connectivity index (χ0n) is 19.8. The average Bonchev–Trinajstić information content (AvgIpc) is 3.11. The van der Waals surface area contributed by atoms with Crippen molar-refractivity contribution in [2.45, 2.75) is 50.2 Å². The summed E-state index contributed by atoms with van der Waals surface area (Å²) in [6.45, 7) is 6.61. The number of halogens is 2. The first-order valence-electron chi connectivity index (χ1n) is 11.0. The Kier molecular flexibility index (Phi) is 6.80. The number of hydrogen-bond donors (Lipinski definition) is 0. The van der Waals surface area contributed by atoms with E-state index in [9.17, 15) is 17.6 Å². The maximum atomic E-state index is 14.6. The van der Waals surface area contributed by atoms with E-state index in [4.69, 9.17) is 9.47 Å². The minimum absolute atomic E-state index is 0.0796. The van der Waals surface area contributed by atoms with Crippen molar-refractivity contribution in [2.24, 2.45) is 0 Å². The Morgan fingerprint density at radius 1 is 1.20 bits per heavy atom. The number of ether oxygens (including phenoxy) is 2. The fraction of sp³-hybridized carbons (Fsp3) is 0.435. The van der Waals surface area contributed by atoms with Crippen molar-refractivity contribution >= 4 is 42.9 Å². The normalized spacial score (nSPS) is 15.4. The van der Waals surface area contributed by atoms with Crippen molar-refractivity contribution in [3.8, 4) is 11.6 Å². The molecule has 0 spiro atoms. The van der Waals surface area contributed by atoms with Crippen LogP contribution in [0, 0.1) is 5.82 Å². The number of fused-ring (bicyclic) bond motifs is 1. The number of carbonyl (C=O) groups is 1. The first-order chi connectivity index (χ1) is 16.3. The summed E-state index contributed by atoms with van der Waals surface area (Å²) >= 11 is 3.53. The van der Waals surface area contributed by atoms with E-state index < -0.39 is 21.3 Å². The molecule has 1 aromatic carbocycles. The molecule has 0 radical (unpaired) electrons. The molecule has 0 bridgehead atoms. The van der Waals surface area contributed by atoms with Gasteiger partial charge in [0.1, 0.15) is 17.6 Å². The molecule has 1 aliphatic rings. The third-order valence-corrected chi connectivity index (χ3v) is 7.29. The molecule has 35 heavy (non-hydrogen) atoms. The summed E-state index contributed by atoms with van der Waals surface area (Å²) in [6.07, 6.45) is 5.31. The summed E-state index contributed by atoms with van der Waals surface area (Å²) in [4.78, 5) is 22.5. The summed E-state index contributed by atoms with van der Waals surface area (Å²) in [5.74, 6) is -0.828. The average molecular weight is 569 g/mol. The minimum atomic E-state index is -3.55. The Morgan fingerprint density at radius 2 is 1.89 bits per heavy atom. The second kappa shape index (κ2) is 9.38. The fourth-order valence-corrected chi connectivity index (χ4v) is 5.12. The highest BCUT2D eigenvalue weighted by Crippen LogP contribution is 2.38. The molecular formula is C23H26BrFN4O5S. The van der Waals surface area contributed by atoms with Gasteiger partial charge in [-0.05, 0) is 67.7 Å². The van der Waals surface area contributed by atoms with Crippen LogP contribution in [0.4, 0.5) is 9.18 Å². The van der Waals surface area contributed by atoms with Gasteiger partial charge in [-0.2, -0.15) is 0 Å². The molecular weight excluding hydrogens is 543 g/mol. The molecule has 1 saturated heterocycles. The van der Waals surface area contributed by atoms with Crippen LogP contribution in [0.25, 0.3) is 11.0 Å². The van der Waals surface area contributed by atoms with E-state index in [0.717, 1.165) is 12.3 Å². The van der Waals surface area contributed by atoms with Crippen molar-refractivity contribution in [3.63, 3.8) is 0 Å². The number of nitrogens with zero attached hydrogens (tertiary/aromatic N) is 4. The summed E-state index contributed by atoms with van der Waals surface area (Å²) in [7, 11) is -3.55. The Labute approximate surface area is 211 Å². The molecule has 1 fully saturated rings. The quantitative estimate of drug-likeness (QED) is 0.431. The maximum Gasteiger partial charge on any atom is 0.410 e. The Bertz CT molecular complexity index is 1380. The van der Waals surface area contributed by atoms with Gasteiger partial charge in [0.2, 0.25) is 5.88 Å². The topological polar surface area (TPSA) is 104 Å². The number of likely N-dealkylation sites (tertiary alicyclic amines) is 1. The van der Waals surface area contributed by atoms with E-state index in [-0.39, 0.29) is 28.7 Å². The van der Waals surface area contributed by atoms with Gasteiger partial charge in [0.15, 0.2) is 21.4 Å². The zero-order chi connectivity index (χ0) is 25.5. The molecule has 0 N–H and O–H groups in total.